The summed E-state index contributed by atoms with van der Waals surface area (Å²) in [7, 11) is 1.42. The quantitative estimate of drug-likeness (QED) is 0.805. The van der Waals surface area contributed by atoms with Gasteiger partial charge >= 0.3 is 5.97 Å². The van der Waals surface area contributed by atoms with Gasteiger partial charge in [0.05, 0.1) is 13.2 Å². The summed E-state index contributed by atoms with van der Waals surface area (Å²) in [6.07, 6.45) is 1.39. The summed E-state index contributed by atoms with van der Waals surface area (Å²) >= 11 is 3.55. The third-order valence-corrected chi connectivity index (χ3v) is 5.32. The summed E-state index contributed by atoms with van der Waals surface area (Å²) in [4.78, 5) is 13.6. The van der Waals surface area contributed by atoms with Gasteiger partial charge in [-0.3, -0.25) is 9.69 Å². The molecule has 1 aliphatic heterocycles. The normalized spacial score (nSPS) is 18.9. The van der Waals surface area contributed by atoms with Gasteiger partial charge in [0.25, 0.3) is 0 Å². The molecule has 1 saturated heterocycles. The number of hydrogen-bond acceptors (Lipinski definition) is 3. The highest BCUT2D eigenvalue weighted by atomic mass is 79.9. The third kappa shape index (κ3) is 3.55. The molecule has 0 aromatic heterocycles. The van der Waals surface area contributed by atoms with Crippen LogP contribution in [0.15, 0.2) is 46.9 Å². The van der Waals surface area contributed by atoms with Crippen LogP contribution in [0.5, 0.6) is 5.75 Å². The number of benzene rings is 2. The molecule has 0 amide bonds. The Morgan fingerprint density at radius 2 is 2.12 bits per heavy atom. The summed E-state index contributed by atoms with van der Waals surface area (Å²) < 4.78 is 20.2. The Bertz CT molecular complexity index is 783. The Hall–Kier alpha value is -1.92. The van der Waals surface area contributed by atoms with E-state index in [1.165, 1.54) is 13.2 Å². The second kappa shape index (κ2) is 7.54. The SMILES string of the molecule is COc1ccc(C(c2ccccc2Br)N2CCCC2C(=O)O)cc1F. The van der Waals surface area contributed by atoms with Crippen LogP contribution in [0.25, 0.3) is 0 Å². The fraction of sp³-hybridized carbons (Fsp3) is 0.316. The zero-order chi connectivity index (χ0) is 18.0. The average Bonchev–Trinajstić information content (AvgIpc) is 3.07. The number of nitrogens with zero attached hydrogens (tertiary/aromatic N) is 1. The maximum atomic E-state index is 14.3. The van der Waals surface area contributed by atoms with E-state index in [2.05, 4.69) is 15.9 Å². The Labute approximate surface area is 154 Å². The minimum Gasteiger partial charge on any atom is -0.494 e. The number of halogens is 2. The lowest BCUT2D eigenvalue weighted by Gasteiger charge is -2.32. The first-order chi connectivity index (χ1) is 12.0. The molecule has 2 atom stereocenters. The number of rotatable bonds is 5. The number of aliphatic carboxylic acids is 1. The number of methoxy groups -OCH3 is 1. The van der Waals surface area contributed by atoms with Crippen LogP contribution in [-0.4, -0.2) is 35.7 Å². The summed E-state index contributed by atoms with van der Waals surface area (Å²) in [5.41, 5.74) is 1.62. The van der Waals surface area contributed by atoms with Gasteiger partial charge < -0.3 is 9.84 Å². The topological polar surface area (TPSA) is 49.8 Å². The third-order valence-electron chi connectivity index (χ3n) is 4.60. The van der Waals surface area contributed by atoms with Gasteiger partial charge in [0, 0.05) is 11.0 Å². The van der Waals surface area contributed by atoms with Crippen LogP contribution < -0.4 is 4.74 Å². The minimum absolute atomic E-state index is 0.172. The van der Waals surface area contributed by atoms with Crippen molar-refractivity contribution in [2.45, 2.75) is 24.9 Å². The van der Waals surface area contributed by atoms with E-state index in [1.54, 1.807) is 12.1 Å². The molecule has 0 spiro atoms. The van der Waals surface area contributed by atoms with Gasteiger partial charge in [-0.25, -0.2) is 4.39 Å². The van der Waals surface area contributed by atoms with Crippen LogP contribution in [0.2, 0.25) is 0 Å². The van der Waals surface area contributed by atoms with E-state index >= 15 is 0 Å². The first-order valence-corrected chi connectivity index (χ1v) is 8.88. The van der Waals surface area contributed by atoms with Gasteiger partial charge in [0.15, 0.2) is 11.6 Å². The smallest absolute Gasteiger partial charge is 0.320 e. The molecule has 1 heterocycles. The molecule has 0 radical (unpaired) electrons. The molecule has 4 nitrogen and oxygen atoms in total. The lowest BCUT2D eigenvalue weighted by Crippen LogP contribution is -2.39. The molecular formula is C19H19BrFNO3. The van der Waals surface area contributed by atoms with E-state index in [9.17, 15) is 14.3 Å². The molecule has 1 N–H and O–H groups in total. The van der Waals surface area contributed by atoms with Crippen molar-refractivity contribution in [2.75, 3.05) is 13.7 Å². The Balaban J connectivity index is 2.11. The Morgan fingerprint density at radius 1 is 1.36 bits per heavy atom. The highest BCUT2D eigenvalue weighted by molar-refractivity contribution is 9.10. The molecule has 25 heavy (non-hydrogen) atoms. The highest BCUT2D eigenvalue weighted by Crippen LogP contribution is 2.39. The summed E-state index contributed by atoms with van der Waals surface area (Å²) in [6.45, 7) is 0.649. The first kappa shape index (κ1) is 17.9. The summed E-state index contributed by atoms with van der Waals surface area (Å²) in [5, 5.41) is 9.58. The minimum atomic E-state index is -0.844. The van der Waals surface area contributed by atoms with E-state index in [4.69, 9.17) is 4.74 Å². The molecule has 1 fully saturated rings. The monoisotopic (exact) mass is 407 g/mol. The van der Waals surface area contributed by atoms with Crippen molar-refractivity contribution >= 4 is 21.9 Å². The van der Waals surface area contributed by atoms with Crippen molar-refractivity contribution in [1.82, 2.24) is 4.90 Å². The summed E-state index contributed by atoms with van der Waals surface area (Å²) in [6, 6.07) is 11.5. The van der Waals surface area contributed by atoms with Crippen LogP contribution in [0, 0.1) is 5.82 Å². The largest absolute Gasteiger partial charge is 0.494 e. The molecule has 1 aliphatic rings. The van der Waals surface area contributed by atoms with Gasteiger partial charge in [-0.1, -0.05) is 40.2 Å². The number of carboxylic acid groups (broad SMARTS) is 1. The lowest BCUT2D eigenvalue weighted by molar-refractivity contribution is -0.142. The van der Waals surface area contributed by atoms with Crippen molar-refractivity contribution in [3.05, 3.63) is 63.9 Å². The second-order valence-corrected chi connectivity index (χ2v) is 6.91. The van der Waals surface area contributed by atoms with Crippen molar-refractivity contribution in [2.24, 2.45) is 0 Å². The first-order valence-electron chi connectivity index (χ1n) is 8.09. The number of carbonyl (C=O) groups is 1. The fourth-order valence-corrected chi connectivity index (χ4v) is 3.96. The molecule has 0 aliphatic carbocycles. The van der Waals surface area contributed by atoms with Crippen LogP contribution in [-0.2, 0) is 4.79 Å². The van der Waals surface area contributed by atoms with E-state index in [0.29, 0.717) is 18.5 Å². The molecular weight excluding hydrogens is 389 g/mol. The molecule has 0 saturated carbocycles. The fourth-order valence-electron chi connectivity index (χ4n) is 3.46. The maximum absolute atomic E-state index is 14.3. The van der Waals surface area contributed by atoms with E-state index in [-0.39, 0.29) is 11.8 Å². The van der Waals surface area contributed by atoms with Crippen LogP contribution in [0.3, 0.4) is 0 Å². The standard InChI is InChI=1S/C19H19BrFNO3/c1-25-17-9-8-12(11-15(17)21)18(13-5-2-3-6-14(13)20)22-10-4-7-16(22)19(23)24/h2-3,5-6,8-9,11,16,18H,4,7,10H2,1H3,(H,23,24). The number of ether oxygens (including phenoxy) is 1. The molecule has 132 valence electrons. The number of carboxylic acids is 1. The Kier molecular flexibility index (Phi) is 5.39. The van der Waals surface area contributed by atoms with Crippen molar-refractivity contribution in [3.63, 3.8) is 0 Å². The van der Waals surface area contributed by atoms with Crippen LogP contribution in [0.4, 0.5) is 4.39 Å². The van der Waals surface area contributed by atoms with Gasteiger partial charge in [0.2, 0.25) is 0 Å². The second-order valence-electron chi connectivity index (χ2n) is 6.05. The lowest BCUT2D eigenvalue weighted by atomic mass is 9.96. The van der Waals surface area contributed by atoms with Gasteiger partial charge in [-0.05, 0) is 42.2 Å². The Morgan fingerprint density at radius 3 is 2.76 bits per heavy atom. The molecule has 2 aromatic rings. The van der Waals surface area contributed by atoms with Crippen molar-refractivity contribution in [3.8, 4) is 5.75 Å². The van der Waals surface area contributed by atoms with Gasteiger partial charge in [0.1, 0.15) is 6.04 Å². The highest BCUT2D eigenvalue weighted by Gasteiger charge is 2.37. The molecule has 2 aromatic carbocycles. The van der Waals surface area contributed by atoms with Crippen LogP contribution >= 0.6 is 15.9 Å². The summed E-state index contributed by atoms with van der Waals surface area (Å²) in [5.74, 6) is -1.13. The zero-order valence-corrected chi connectivity index (χ0v) is 15.4. The van der Waals surface area contributed by atoms with Gasteiger partial charge in [-0.15, -0.1) is 0 Å². The van der Waals surface area contributed by atoms with Crippen molar-refractivity contribution < 1.29 is 19.0 Å². The molecule has 3 rings (SSSR count). The zero-order valence-electron chi connectivity index (χ0n) is 13.8. The van der Waals surface area contributed by atoms with E-state index < -0.39 is 17.8 Å². The molecule has 6 heteroatoms. The maximum Gasteiger partial charge on any atom is 0.320 e. The number of likely N-dealkylation sites (tertiary alicyclic amines) is 1. The van der Waals surface area contributed by atoms with E-state index in [1.807, 2.05) is 29.2 Å². The number of hydrogen-bond donors (Lipinski definition) is 1. The predicted molar refractivity (Wildman–Crippen MR) is 96.3 cm³/mol. The van der Waals surface area contributed by atoms with Gasteiger partial charge in [-0.2, -0.15) is 0 Å². The van der Waals surface area contributed by atoms with Crippen LogP contribution in [0.1, 0.15) is 30.0 Å². The average molecular weight is 408 g/mol. The molecule has 2 unspecified atom stereocenters. The van der Waals surface area contributed by atoms with Crippen molar-refractivity contribution in [1.29, 1.82) is 0 Å². The molecule has 0 bridgehead atoms. The van der Waals surface area contributed by atoms with E-state index in [0.717, 1.165) is 16.5 Å². The predicted octanol–water partition coefficient (Wildman–Crippen LogP) is 4.24.